The summed E-state index contributed by atoms with van der Waals surface area (Å²) in [5.74, 6) is -1.04. The van der Waals surface area contributed by atoms with Crippen molar-refractivity contribution in [2.45, 2.75) is 12.7 Å². The molecule has 0 atom stereocenters. The fourth-order valence-corrected chi connectivity index (χ4v) is 2.78. The van der Waals surface area contributed by atoms with E-state index < -0.39 is 18.0 Å². The minimum Gasteiger partial charge on any atom is -0.336 e. The Morgan fingerprint density at radius 1 is 1.19 bits per heavy atom. The van der Waals surface area contributed by atoms with E-state index in [4.69, 9.17) is 0 Å². The maximum absolute atomic E-state index is 13.2. The van der Waals surface area contributed by atoms with Gasteiger partial charge in [0.15, 0.2) is 5.65 Å². The molecule has 3 aromatic rings. The number of fused-ring (bicyclic) bond motifs is 1. The highest BCUT2D eigenvalue weighted by atomic mass is 79.9. The lowest BCUT2D eigenvalue weighted by Crippen LogP contribution is -2.32. The van der Waals surface area contributed by atoms with E-state index in [1.165, 1.54) is 18.3 Å². The number of nitrogens with zero attached hydrogens (tertiary/aromatic N) is 3. The summed E-state index contributed by atoms with van der Waals surface area (Å²) in [7, 11) is 0. The third kappa shape index (κ3) is 3.96. The molecule has 2 aromatic heterocycles. The van der Waals surface area contributed by atoms with E-state index in [1.807, 2.05) is 0 Å². The number of carbonyl (C=O) groups is 1. The van der Waals surface area contributed by atoms with Gasteiger partial charge >= 0.3 is 12.2 Å². The Kier molecular flexibility index (Phi) is 5.12. The normalized spacial score (nSPS) is 11.5. The number of para-hydroxylation sites is 1. The van der Waals surface area contributed by atoms with Crippen molar-refractivity contribution in [2.75, 3.05) is 11.9 Å². The number of alkyl halides is 3. The fourth-order valence-electron chi connectivity index (χ4n) is 2.40. The third-order valence-corrected chi connectivity index (χ3v) is 4.19. The summed E-state index contributed by atoms with van der Waals surface area (Å²) in [4.78, 5) is 19.5. The summed E-state index contributed by atoms with van der Waals surface area (Å²) >= 11 is 3.29. The van der Waals surface area contributed by atoms with Gasteiger partial charge < -0.3 is 15.2 Å². The molecule has 0 unspecified atom stereocenters. The number of benzene rings is 1. The number of anilines is 1. The lowest BCUT2D eigenvalue weighted by Gasteiger charge is -2.12. The zero-order valence-electron chi connectivity index (χ0n) is 13.2. The summed E-state index contributed by atoms with van der Waals surface area (Å²) < 4.78 is 41.2. The maximum atomic E-state index is 13.2. The predicted molar refractivity (Wildman–Crippen MR) is 93.7 cm³/mol. The summed E-state index contributed by atoms with van der Waals surface area (Å²) in [5.41, 5.74) is 0.820. The number of hydrogen-bond donors (Lipinski definition) is 2. The van der Waals surface area contributed by atoms with Crippen LogP contribution in [0.2, 0.25) is 0 Å². The summed E-state index contributed by atoms with van der Waals surface area (Å²) in [6.07, 6.45) is -3.22. The van der Waals surface area contributed by atoms with Crippen molar-refractivity contribution in [3.8, 4) is 0 Å². The van der Waals surface area contributed by atoms with Crippen molar-refractivity contribution in [2.24, 2.45) is 0 Å². The second-order valence-corrected chi connectivity index (χ2v) is 6.15. The molecule has 3 rings (SSSR count). The smallest absolute Gasteiger partial charge is 0.336 e. The third-order valence-electron chi connectivity index (χ3n) is 3.50. The zero-order chi connectivity index (χ0) is 18.7. The van der Waals surface area contributed by atoms with E-state index in [9.17, 15) is 18.0 Å². The molecule has 1 aromatic carbocycles. The van der Waals surface area contributed by atoms with Crippen molar-refractivity contribution in [3.63, 3.8) is 0 Å². The SMILES string of the molecule is O=C(NCCn1c(C(F)(F)F)nc2cccnc21)Nc1ccccc1Br. The van der Waals surface area contributed by atoms with Crippen molar-refractivity contribution < 1.29 is 18.0 Å². The molecule has 136 valence electrons. The zero-order valence-corrected chi connectivity index (χ0v) is 14.8. The maximum Gasteiger partial charge on any atom is 0.449 e. The van der Waals surface area contributed by atoms with Crippen LogP contribution in [0.4, 0.5) is 23.7 Å². The largest absolute Gasteiger partial charge is 0.449 e. The quantitative estimate of drug-likeness (QED) is 0.659. The lowest BCUT2D eigenvalue weighted by molar-refractivity contribution is -0.146. The van der Waals surface area contributed by atoms with Gasteiger partial charge in [0.1, 0.15) is 5.52 Å². The molecule has 0 fully saturated rings. The molecule has 0 radical (unpaired) electrons. The van der Waals surface area contributed by atoms with Gasteiger partial charge in [-0.05, 0) is 40.2 Å². The Hall–Kier alpha value is -2.62. The topological polar surface area (TPSA) is 71.8 Å². The van der Waals surface area contributed by atoms with Gasteiger partial charge in [-0.15, -0.1) is 0 Å². The van der Waals surface area contributed by atoms with E-state index in [0.29, 0.717) is 10.2 Å². The molecule has 6 nitrogen and oxygen atoms in total. The molecule has 0 aliphatic rings. The van der Waals surface area contributed by atoms with Crippen LogP contribution in [0, 0.1) is 0 Å². The Balaban J connectivity index is 1.70. The summed E-state index contributed by atoms with van der Waals surface area (Å²) in [6.45, 7) is -0.146. The van der Waals surface area contributed by atoms with Crippen LogP contribution in [0.15, 0.2) is 47.1 Å². The summed E-state index contributed by atoms with van der Waals surface area (Å²) in [6, 6.07) is 9.45. The van der Waals surface area contributed by atoms with Crippen LogP contribution in [0.3, 0.4) is 0 Å². The summed E-state index contributed by atoms with van der Waals surface area (Å²) in [5, 5.41) is 5.14. The number of urea groups is 1. The highest BCUT2D eigenvalue weighted by molar-refractivity contribution is 9.10. The van der Waals surface area contributed by atoms with Crippen LogP contribution >= 0.6 is 15.9 Å². The number of rotatable bonds is 4. The van der Waals surface area contributed by atoms with Crippen LogP contribution in [0.25, 0.3) is 11.2 Å². The van der Waals surface area contributed by atoms with Crippen molar-refractivity contribution in [1.29, 1.82) is 0 Å². The highest BCUT2D eigenvalue weighted by Crippen LogP contribution is 2.30. The van der Waals surface area contributed by atoms with Gasteiger partial charge in [0.2, 0.25) is 5.82 Å². The van der Waals surface area contributed by atoms with Crippen LogP contribution in [0.1, 0.15) is 5.82 Å². The average Bonchev–Trinajstić information content (AvgIpc) is 2.96. The molecule has 10 heteroatoms. The number of aromatic nitrogens is 3. The number of amides is 2. The van der Waals surface area contributed by atoms with Gasteiger partial charge in [-0.1, -0.05) is 12.1 Å². The first-order chi connectivity index (χ1) is 12.4. The molecule has 0 saturated carbocycles. The Labute approximate surface area is 154 Å². The first kappa shape index (κ1) is 18.2. The molecule has 2 N–H and O–H groups in total. The molecule has 2 amide bonds. The van der Waals surface area contributed by atoms with Gasteiger partial charge in [0, 0.05) is 23.8 Å². The predicted octanol–water partition coefficient (Wildman–Crippen LogP) is 4.03. The Morgan fingerprint density at radius 3 is 2.69 bits per heavy atom. The molecular weight excluding hydrogens is 415 g/mol. The van der Waals surface area contributed by atoms with Crippen LogP contribution in [-0.2, 0) is 12.7 Å². The van der Waals surface area contributed by atoms with Crippen LogP contribution < -0.4 is 10.6 Å². The van der Waals surface area contributed by atoms with Crippen molar-refractivity contribution in [1.82, 2.24) is 19.9 Å². The van der Waals surface area contributed by atoms with E-state index in [2.05, 4.69) is 36.5 Å². The molecule has 2 heterocycles. The van der Waals surface area contributed by atoms with Crippen molar-refractivity contribution >= 4 is 38.8 Å². The number of carbonyl (C=O) groups excluding carboxylic acids is 1. The number of imidazole rings is 1. The molecule has 26 heavy (non-hydrogen) atoms. The Bertz CT molecular complexity index is 941. The van der Waals surface area contributed by atoms with Crippen molar-refractivity contribution in [3.05, 3.63) is 52.9 Å². The number of halogens is 4. The number of hydrogen-bond acceptors (Lipinski definition) is 3. The highest BCUT2D eigenvalue weighted by Gasteiger charge is 2.37. The molecule has 0 aliphatic carbocycles. The number of pyridine rings is 1. The fraction of sp³-hybridized carbons (Fsp3) is 0.188. The molecule has 0 spiro atoms. The average molecular weight is 428 g/mol. The first-order valence-electron chi connectivity index (χ1n) is 7.54. The van der Waals surface area contributed by atoms with E-state index in [1.54, 1.807) is 24.3 Å². The second kappa shape index (κ2) is 7.32. The van der Waals surface area contributed by atoms with Gasteiger partial charge in [-0.2, -0.15) is 13.2 Å². The molecule has 0 saturated heterocycles. The minimum atomic E-state index is -4.61. The first-order valence-corrected chi connectivity index (χ1v) is 8.33. The molecule has 0 aliphatic heterocycles. The molecule has 0 bridgehead atoms. The van der Waals surface area contributed by atoms with E-state index in [0.717, 1.165) is 4.57 Å². The molecular formula is C16H13BrF3N5O. The lowest BCUT2D eigenvalue weighted by atomic mass is 10.3. The van der Waals surface area contributed by atoms with E-state index in [-0.39, 0.29) is 24.3 Å². The monoisotopic (exact) mass is 427 g/mol. The van der Waals surface area contributed by atoms with Gasteiger partial charge in [0.05, 0.1) is 5.69 Å². The Morgan fingerprint density at radius 2 is 1.96 bits per heavy atom. The van der Waals surface area contributed by atoms with Crippen LogP contribution in [0.5, 0.6) is 0 Å². The second-order valence-electron chi connectivity index (χ2n) is 5.29. The standard InChI is InChI=1S/C16H13BrF3N5O/c17-10-4-1-2-5-11(10)24-15(26)22-8-9-25-13-12(6-3-7-21-13)23-14(25)16(18,19)20/h1-7H,8-9H2,(H2,22,24,26). The van der Waals surface area contributed by atoms with Gasteiger partial charge in [-0.25, -0.2) is 14.8 Å². The van der Waals surface area contributed by atoms with Gasteiger partial charge in [0.25, 0.3) is 0 Å². The van der Waals surface area contributed by atoms with E-state index >= 15 is 0 Å². The number of nitrogens with one attached hydrogen (secondary N) is 2. The van der Waals surface area contributed by atoms with Crippen LogP contribution in [-0.4, -0.2) is 27.1 Å². The minimum absolute atomic E-state index is 0.0264. The van der Waals surface area contributed by atoms with Gasteiger partial charge in [-0.3, -0.25) is 0 Å².